The van der Waals surface area contributed by atoms with Gasteiger partial charge in [-0.15, -0.1) is 23.5 Å². The van der Waals surface area contributed by atoms with Crippen LogP contribution in [0.15, 0.2) is 21.9 Å². The van der Waals surface area contributed by atoms with Gasteiger partial charge >= 0.3 is 5.97 Å². The summed E-state index contributed by atoms with van der Waals surface area (Å²) in [5.74, 6) is -0.105. The summed E-state index contributed by atoms with van der Waals surface area (Å²) < 4.78 is 0. The lowest BCUT2D eigenvalue weighted by Gasteiger charge is -2.18. The van der Waals surface area contributed by atoms with Gasteiger partial charge in [-0.25, -0.2) is 0 Å². The number of carboxylic acid groups (broad SMARTS) is 1. The van der Waals surface area contributed by atoms with E-state index in [0.29, 0.717) is 5.92 Å². The van der Waals surface area contributed by atoms with Crippen LogP contribution in [0.4, 0.5) is 0 Å². The first-order valence-electron chi connectivity index (χ1n) is 6.20. The molecular weight excluding hydrogens is 300 g/mol. The van der Waals surface area contributed by atoms with E-state index in [4.69, 9.17) is 16.7 Å². The Hall–Kier alpha value is -0.320. The molecule has 1 aromatic carbocycles. The third-order valence-electron chi connectivity index (χ3n) is 3.47. The molecule has 0 saturated heterocycles. The van der Waals surface area contributed by atoms with Crippen LogP contribution in [0.2, 0.25) is 5.02 Å². The molecule has 1 aromatic rings. The predicted octanol–water partition coefficient (Wildman–Crippen LogP) is 4.75. The van der Waals surface area contributed by atoms with Crippen LogP contribution in [0, 0.1) is 5.92 Å². The lowest BCUT2D eigenvalue weighted by molar-refractivity contribution is -0.137. The van der Waals surface area contributed by atoms with Gasteiger partial charge in [-0.1, -0.05) is 11.6 Å². The van der Waals surface area contributed by atoms with Crippen LogP contribution >= 0.6 is 35.1 Å². The van der Waals surface area contributed by atoms with Crippen LogP contribution in [0.25, 0.3) is 0 Å². The van der Waals surface area contributed by atoms with Crippen molar-refractivity contribution in [2.75, 3.05) is 12.5 Å². The van der Waals surface area contributed by atoms with Gasteiger partial charge in [0.2, 0.25) is 0 Å². The normalized spacial score (nSPS) is 16.4. The highest BCUT2D eigenvalue weighted by Gasteiger charge is 2.34. The van der Waals surface area contributed by atoms with Crippen molar-refractivity contribution < 1.29 is 9.90 Å². The molecule has 19 heavy (non-hydrogen) atoms. The molecule has 0 amide bonds. The number of thioether (sulfide) groups is 2. The van der Waals surface area contributed by atoms with Crippen LogP contribution in [-0.2, 0) is 4.79 Å². The Balaban J connectivity index is 2.36. The van der Waals surface area contributed by atoms with Gasteiger partial charge in [0.25, 0.3) is 0 Å². The molecular formula is C14H17ClO2S2. The number of rotatable bonds is 6. The molecule has 1 fully saturated rings. The maximum atomic E-state index is 11.0. The average molecular weight is 317 g/mol. The predicted molar refractivity (Wildman–Crippen MR) is 82.7 cm³/mol. The third kappa shape index (κ3) is 3.61. The Morgan fingerprint density at radius 2 is 2.11 bits per heavy atom. The van der Waals surface area contributed by atoms with E-state index < -0.39 is 5.97 Å². The lowest BCUT2D eigenvalue weighted by Crippen LogP contribution is -2.08. The summed E-state index contributed by atoms with van der Waals surface area (Å²) in [6, 6.07) is 4.08. The van der Waals surface area contributed by atoms with Gasteiger partial charge in [0, 0.05) is 9.79 Å². The zero-order chi connectivity index (χ0) is 14.0. The molecule has 2 rings (SSSR count). The van der Waals surface area contributed by atoms with E-state index >= 15 is 0 Å². The minimum Gasteiger partial charge on any atom is -0.481 e. The van der Waals surface area contributed by atoms with Crippen molar-refractivity contribution in [1.82, 2.24) is 0 Å². The number of benzene rings is 1. The second-order valence-electron chi connectivity index (χ2n) is 4.78. The van der Waals surface area contributed by atoms with Crippen LogP contribution < -0.4 is 0 Å². The Morgan fingerprint density at radius 3 is 2.58 bits per heavy atom. The second kappa shape index (κ2) is 6.42. The number of hydrogen-bond donors (Lipinski definition) is 1. The fraction of sp³-hybridized carbons (Fsp3) is 0.500. The van der Waals surface area contributed by atoms with E-state index in [1.165, 1.54) is 0 Å². The van der Waals surface area contributed by atoms with Gasteiger partial charge in [0.15, 0.2) is 0 Å². The summed E-state index contributed by atoms with van der Waals surface area (Å²) in [6.45, 7) is 0. The molecule has 5 heteroatoms. The number of hydrogen-bond acceptors (Lipinski definition) is 3. The van der Waals surface area contributed by atoms with Gasteiger partial charge in [-0.05, 0) is 54.9 Å². The van der Waals surface area contributed by atoms with Crippen LogP contribution in [-0.4, -0.2) is 23.6 Å². The second-order valence-corrected chi connectivity index (χ2v) is 6.85. The van der Waals surface area contributed by atoms with Gasteiger partial charge in [0.05, 0.1) is 11.4 Å². The molecule has 0 aliphatic heterocycles. The molecule has 0 bridgehead atoms. The third-order valence-corrected chi connectivity index (χ3v) is 5.62. The van der Waals surface area contributed by atoms with E-state index in [1.54, 1.807) is 23.5 Å². The van der Waals surface area contributed by atoms with E-state index in [0.717, 1.165) is 33.2 Å². The van der Waals surface area contributed by atoms with Crippen molar-refractivity contribution in [2.45, 2.75) is 35.0 Å². The van der Waals surface area contributed by atoms with E-state index in [9.17, 15) is 4.79 Å². The van der Waals surface area contributed by atoms with Crippen molar-refractivity contribution in [2.24, 2.45) is 5.92 Å². The summed E-state index contributed by atoms with van der Waals surface area (Å²) in [5, 5.41) is 9.82. The zero-order valence-corrected chi connectivity index (χ0v) is 13.4. The average Bonchev–Trinajstić information content (AvgIpc) is 3.18. The number of carbonyl (C=O) groups is 1. The van der Waals surface area contributed by atoms with Gasteiger partial charge in [-0.2, -0.15) is 0 Å². The zero-order valence-electron chi connectivity index (χ0n) is 11.0. The largest absolute Gasteiger partial charge is 0.481 e. The number of halogens is 1. The molecule has 0 aromatic heterocycles. The minimum absolute atomic E-state index is 0.108. The first kappa shape index (κ1) is 15.1. The van der Waals surface area contributed by atoms with Crippen LogP contribution in [0.5, 0.6) is 0 Å². The molecule has 1 aliphatic carbocycles. The highest BCUT2D eigenvalue weighted by atomic mass is 35.5. The molecule has 1 unspecified atom stereocenters. The van der Waals surface area contributed by atoms with Crippen LogP contribution in [0.3, 0.4) is 0 Å². The van der Waals surface area contributed by atoms with E-state index in [-0.39, 0.29) is 12.3 Å². The Kier molecular flexibility index (Phi) is 5.09. The fourth-order valence-corrected chi connectivity index (χ4v) is 4.47. The van der Waals surface area contributed by atoms with E-state index in [2.05, 4.69) is 6.07 Å². The quantitative estimate of drug-likeness (QED) is 0.768. The molecule has 1 saturated carbocycles. The standard InChI is InChI=1S/C14H17ClO2S2/c1-18-12-6-9(5-11(15)14(12)19-2)10(7-13(16)17)8-3-4-8/h5-6,8,10H,3-4,7H2,1-2H3,(H,16,17). The fourth-order valence-electron chi connectivity index (χ4n) is 2.40. The van der Waals surface area contributed by atoms with Crippen molar-refractivity contribution in [3.8, 4) is 0 Å². The highest BCUT2D eigenvalue weighted by Crippen LogP contribution is 2.47. The SMILES string of the molecule is CSc1cc(C(CC(=O)O)C2CC2)cc(Cl)c1SC. The highest BCUT2D eigenvalue weighted by molar-refractivity contribution is 8.01. The maximum absolute atomic E-state index is 11.0. The van der Waals surface area contributed by atoms with Crippen molar-refractivity contribution in [3.63, 3.8) is 0 Å². The van der Waals surface area contributed by atoms with Crippen molar-refractivity contribution in [1.29, 1.82) is 0 Å². The van der Waals surface area contributed by atoms with Gasteiger partial charge in [0.1, 0.15) is 0 Å². The summed E-state index contributed by atoms with van der Waals surface area (Å²) in [6.07, 6.45) is 6.51. The topological polar surface area (TPSA) is 37.3 Å². The first-order chi connectivity index (χ1) is 9.06. The van der Waals surface area contributed by atoms with Crippen molar-refractivity contribution in [3.05, 3.63) is 22.7 Å². The summed E-state index contributed by atoms with van der Waals surface area (Å²) in [5.41, 5.74) is 1.08. The molecule has 0 radical (unpaired) electrons. The molecule has 2 nitrogen and oxygen atoms in total. The molecule has 0 spiro atoms. The van der Waals surface area contributed by atoms with Crippen LogP contribution in [0.1, 0.15) is 30.7 Å². The monoisotopic (exact) mass is 316 g/mol. The van der Waals surface area contributed by atoms with Gasteiger partial charge in [-0.3, -0.25) is 4.79 Å². The summed E-state index contributed by atoms with van der Waals surface area (Å²) in [4.78, 5) is 13.3. The lowest BCUT2D eigenvalue weighted by atomic mass is 9.91. The van der Waals surface area contributed by atoms with Gasteiger partial charge < -0.3 is 5.11 Å². The first-order valence-corrected chi connectivity index (χ1v) is 9.02. The Labute approximate surface area is 127 Å². The molecule has 0 heterocycles. The minimum atomic E-state index is -0.729. The Morgan fingerprint density at radius 1 is 1.42 bits per heavy atom. The molecule has 1 atom stereocenters. The molecule has 104 valence electrons. The smallest absolute Gasteiger partial charge is 0.303 e. The number of carboxylic acids is 1. The van der Waals surface area contributed by atoms with Crippen molar-refractivity contribution >= 4 is 41.1 Å². The van der Waals surface area contributed by atoms with E-state index in [1.807, 2.05) is 18.6 Å². The maximum Gasteiger partial charge on any atom is 0.303 e. The summed E-state index contributed by atoms with van der Waals surface area (Å²) >= 11 is 9.64. The molecule has 1 N–H and O–H groups in total. The summed E-state index contributed by atoms with van der Waals surface area (Å²) in [7, 11) is 0. The number of aliphatic carboxylic acids is 1. The Bertz CT molecular complexity index is 487. The molecule has 1 aliphatic rings.